The summed E-state index contributed by atoms with van der Waals surface area (Å²) in [6.07, 6.45) is 4.54. The largest absolute Gasteiger partial charge is 0.513 e. The third kappa shape index (κ3) is 6.83. The van der Waals surface area contributed by atoms with Gasteiger partial charge in [0.25, 0.3) is 0 Å². The maximum atomic E-state index is 11.3. The minimum Gasteiger partial charge on any atom is -0.434 e. The second kappa shape index (κ2) is 10.8. The summed E-state index contributed by atoms with van der Waals surface area (Å²) in [6.45, 7) is 4.29. The van der Waals surface area contributed by atoms with E-state index in [2.05, 4.69) is 31.2 Å². The van der Waals surface area contributed by atoms with Gasteiger partial charge in [-0.1, -0.05) is 50.5 Å². The standard InChI is InChI=1S/C21H26O3S/c1-3-5-6-7-16-25-20-14-10-18(11-15-20)17-8-12-19(13-9-17)24-21(22)23-4-2/h8-15H,3-7,16H2,1-2H3. The molecule has 0 saturated carbocycles. The Morgan fingerprint density at radius 2 is 1.52 bits per heavy atom. The summed E-state index contributed by atoms with van der Waals surface area (Å²) in [6, 6.07) is 16.1. The van der Waals surface area contributed by atoms with Crippen LogP contribution in [0.2, 0.25) is 0 Å². The molecule has 2 aromatic rings. The predicted molar refractivity (Wildman–Crippen MR) is 104 cm³/mol. The zero-order chi connectivity index (χ0) is 17.9. The molecule has 4 heteroatoms. The molecular formula is C21H26O3S. The molecule has 0 fully saturated rings. The number of ether oxygens (including phenoxy) is 2. The molecule has 0 amide bonds. The molecular weight excluding hydrogens is 332 g/mol. The van der Waals surface area contributed by atoms with E-state index in [0.717, 1.165) is 11.1 Å². The third-order valence-corrected chi connectivity index (χ3v) is 4.87. The molecule has 0 radical (unpaired) electrons. The Kier molecular flexibility index (Phi) is 8.40. The zero-order valence-corrected chi connectivity index (χ0v) is 15.8. The van der Waals surface area contributed by atoms with Crippen LogP contribution < -0.4 is 4.74 Å². The lowest BCUT2D eigenvalue weighted by Crippen LogP contribution is -2.09. The van der Waals surface area contributed by atoms with Crippen LogP contribution in [0.5, 0.6) is 5.75 Å². The van der Waals surface area contributed by atoms with Crippen molar-refractivity contribution in [2.24, 2.45) is 0 Å². The van der Waals surface area contributed by atoms with Gasteiger partial charge in [-0.2, -0.15) is 0 Å². The minimum atomic E-state index is -0.671. The van der Waals surface area contributed by atoms with Crippen LogP contribution in [-0.2, 0) is 4.74 Å². The number of carbonyl (C=O) groups is 1. The molecule has 3 nitrogen and oxygen atoms in total. The van der Waals surface area contributed by atoms with E-state index in [1.807, 2.05) is 23.9 Å². The number of rotatable bonds is 9. The van der Waals surface area contributed by atoms with Crippen molar-refractivity contribution in [1.82, 2.24) is 0 Å². The Balaban J connectivity index is 1.87. The first-order valence-corrected chi connectivity index (χ1v) is 9.89. The Morgan fingerprint density at radius 3 is 2.12 bits per heavy atom. The number of carbonyl (C=O) groups excluding carboxylic acids is 1. The first-order valence-electron chi connectivity index (χ1n) is 8.90. The molecule has 0 aliphatic carbocycles. The van der Waals surface area contributed by atoms with Crippen molar-refractivity contribution in [1.29, 1.82) is 0 Å². The van der Waals surface area contributed by atoms with Crippen LogP contribution in [0.3, 0.4) is 0 Å². The van der Waals surface area contributed by atoms with E-state index in [1.165, 1.54) is 36.3 Å². The fraction of sp³-hybridized carbons (Fsp3) is 0.381. The molecule has 0 aliphatic rings. The molecule has 2 rings (SSSR count). The van der Waals surface area contributed by atoms with E-state index in [4.69, 9.17) is 9.47 Å². The summed E-state index contributed by atoms with van der Waals surface area (Å²) in [7, 11) is 0. The third-order valence-electron chi connectivity index (χ3n) is 3.77. The van der Waals surface area contributed by atoms with Gasteiger partial charge in [-0.25, -0.2) is 4.79 Å². The van der Waals surface area contributed by atoms with Gasteiger partial charge in [0, 0.05) is 4.90 Å². The first-order chi connectivity index (χ1) is 12.2. The van der Waals surface area contributed by atoms with Crippen LogP contribution in [0, 0.1) is 0 Å². The lowest BCUT2D eigenvalue weighted by Gasteiger charge is -2.07. The van der Waals surface area contributed by atoms with Gasteiger partial charge in [-0.05, 0) is 54.5 Å². The second-order valence-electron chi connectivity index (χ2n) is 5.74. The molecule has 0 heterocycles. The van der Waals surface area contributed by atoms with E-state index in [1.54, 1.807) is 19.1 Å². The number of hydrogen-bond donors (Lipinski definition) is 0. The van der Waals surface area contributed by atoms with Gasteiger partial charge in [0.15, 0.2) is 0 Å². The molecule has 0 atom stereocenters. The first kappa shape index (κ1) is 19.4. The quantitative estimate of drug-likeness (QED) is 0.220. The zero-order valence-electron chi connectivity index (χ0n) is 15.0. The summed E-state index contributed by atoms with van der Waals surface area (Å²) < 4.78 is 9.84. The summed E-state index contributed by atoms with van der Waals surface area (Å²) >= 11 is 1.92. The SMILES string of the molecule is CCCCCCSc1ccc(-c2ccc(OC(=O)OCC)cc2)cc1. The lowest BCUT2D eigenvalue weighted by molar-refractivity contribution is 0.104. The second-order valence-corrected chi connectivity index (χ2v) is 6.91. The van der Waals surface area contributed by atoms with E-state index < -0.39 is 6.16 Å². The van der Waals surface area contributed by atoms with Crippen molar-refractivity contribution >= 4 is 17.9 Å². The van der Waals surface area contributed by atoms with Crippen molar-refractivity contribution in [3.05, 3.63) is 48.5 Å². The van der Waals surface area contributed by atoms with Gasteiger partial charge in [0.1, 0.15) is 5.75 Å². The van der Waals surface area contributed by atoms with Crippen molar-refractivity contribution in [3.63, 3.8) is 0 Å². The average Bonchev–Trinajstić information content (AvgIpc) is 2.63. The van der Waals surface area contributed by atoms with Crippen molar-refractivity contribution < 1.29 is 14.3 Å². The van der Waals surface area contributed by atoms with E-state index >= 15 is 0 Å². The average molecular weight is 359 g/mol. The topological polar surface area (TPSA) is 35.5 Å². The Bertz CT molecular complexity index is 635. The highest BCUT2D eigenvalue weighted by Crippen LogP contribution is 2.26. The molecule has 134 valence electrons. The van der Waals surface area contributed by atoms with Gasteiger partial charge in [0.05, 0.1) is 6.61 Å². The molecule has 0 aliphatic heterocycles. The van der Waals surface area contributed by atoms with Gasteiger partial charge in [-0.3, -0.25) is 0 Å². The van der Waals surface area contributed by atoms with Crippen LogP contribution in [0.15, 0.2) is 53.4 Å². The molecule has 0 bridgehead atoms. The summed E-state index contributed by atoms with van der Waals surface area (Å²) in [5, 5.41) is 0. The fourth-order valence-electron chi connectivity index (χ4n) is 2.42. The highest BCUT2D eigenvalue weighted by molar-refractivity contribution is 7.99. The summed E-state index contributed by atoms with van der Waals surface area (Å²) in [5.74, 6) is 1.67. The molecule has 0 spiro atoms. The molecule has 0 unspecified atom stereocenters. The Morgan fingerprint density at radius 1 is 0.880 bits per heavy atom. The maximum Gasteiger partial charge on any atom is 0.513 e. The van der Waals surface area contributed by atoms with Crippen LogP contribution >= 0.6 is 11.8 Å². The van der Waals surface area contributed by atoms with Gasteiger partial charge in [0.2, 0.25) is 0 Å². The van der Waals surface area contributed by atoms with Crippen LogP contribution in [0.25, 0.3) is 11.1 Å². The number of thioether (sulfide) groups is 1. The van der Waals surface area contributed by atoms with Gasteiger partial charge < -0.3 is 9.47 Å². The van der Waals surface area contributed by atoms with Gasteiger partial charge in [-0.15, -0.1) is 11.8 Å². The van der Waals surface area contributed by atoms with E-state index in [0.29, 0.717) is 12.4 Å². The Labute approximate surface area is 154 Å². The van der Waals surface area contributed by atoms with E-state index in [9.17, 15) is 4.79 Å². The normalized spacial score (nSPS) is 10.5. The smallest absolute Gasteiger partial charge is 0.434 e. The van der Waals surface area contributed by atoms with Gasteiger partial charge >= 0.3 is 6.16 Å². The monoisotopic (exact) mass is 358 g/mol. The minimum absolute atomic E-state index is 0.305. The molecule has 2 aromatic carbocycles. The molecule has 0 saturated heterocycles. The van der Waals surface area contributed by atoms with Crippen molar-refractivity contribution in [2.75, 3.05) is 12.4 Å². The summed E-state index contributed by atoms with van der Waals surface area (Å²) in [5.41, 5.74) is 2.24. The van der Waals surface area contributed by atoms with Crippen LogP contribution in [0.4, 0.5) is 4.79 Å². The number of hydrogen-bond acceptors (Lipinski definition) is 4. The van der Waals surface area contributed by atoms with Crippen LogP contribution in [0.1, 0.15) is 39.5 Å². The predicted octanol–water partition coefficient (Wildman–Crippen LogP) is 6.56. The van der Waals surface area contributed by atoms with Crippen molar-refractivity contribution in [2.45, 2.75) is 44.4 Å². The van der Waals surface area contributed by atoms with Crippen molar-refractivity contribution in [3.8, 4) is 16.9 Å². The number of unbranched alkanes of at least 4 members (excludes halogenated alkanes) is 3. The fourth-order valence-corrected chi connectivity index (χ4v) is 3.33. The highest BCUT2D eigenvalue weighted by atomic mass is 32.2. The van der Waals surface area contributed by atoms with Crippen LogP contribution in [-0.4, -0.2) is 18.5 Å². The van der Waals surface area contributed by atoms with E-state index in [-0.39, 0.29) is 0 Å². The number of benzene rings is 2. The Hall–Kier alpha value is -1.94. The lowest BCUT2D eigenvalue weighted by atomic mass is 10.1. The molecule has 25 heavy (non-hydrogen) atoms. The molecule has 0 aromatic heterocycles. The highest BCUT2D eigenvalue weighted by Gasteiger charge is 2.05. The molecule has 0 N–H and O–H groups in total. The summed E-state index contributed by atoms with van der Waals surface area (Å²) in [4.78, 5) is 12.6. The maximum absolute atomic E-state index is 11.3.